The second kappa shape index (κ2) is 7.33. The third-order valence-electron chi connectivity index (χ3n) is 5.08. The molecule has 1 aliphatic heterocycles. The summed E-state index contributed by atoms with van der Waals surface area (Å²) in [5.74, 6) is 1.18. The summed E-state index contributed by atoms with van der Waals surface area (Å²) in [6, 6.07) is 7.21. The van der Waals surface area contributed by atoms with Crippen molar-refractivity contribution in [3.8, 4) is 0 Å². The summed E-state index contributed by atoms with van der Waals surface area (Å²) < 4.78 is 32.7. The molecule has 8 heteroatoms. The van der Waals surface area contributed by atoms with Crippen molar-refractivity contribution in [1.29, 1.82) is 0 Å². The highest BCUT2D eigenvalue weighted by molar-refractivity contribution is 7.89. The molecule has 0 bridgehead atoms. The minimum atomic E-state index is -3.48. The Morgan fingerprint density at radius 3 is 2.15 bits per heavy atom. The number of sulfonamides is 1. The molecule has 0 saturated carbocycles. The molecule has 0 amide bonds. The van der Waals surface area contributed by atoms with Gasteiger partial charge in [0.2, 0.25) is 15.9 Å². The van der Waals surface area contributed by atoms with E-state index in [1.165, 1.54) is 0 Å². The molecule has 0 radical (unpaired) electrons. The molecule has 0 unspecified atom stereocenters. The molecule has 1 saturated heterocycles. The van der Waals surface area contributed by atoms with Crippen molar-refractivity contribution >= 4 is 10.0 Å². The van der Waals surface area contributed by atoms with Crippen LogP contribution in [0.15, 0.2) is 33.7 Å². The van der Waals surface area contributed by atoms with Gasteiger partial charge in [-0.1, -0.05) is 38.1 Å². The first kappa shape index (κ1) is 20.0. The van der Waals surface area contributed by atoms with Gasteiger partial charge in [0, 0.05) is 26.2 Å². The van der Waals surface area contributed by atoms with Gasteiger partial charge in [0.15, 0.2) is 5.82 Å². The number of aryl methyl sites for hydroxylation is 1. The van der Waals surface area contributed by atoms with Crippen LogP contribution in [0.5, 0.6) is 0 Å². The van der Waals surface area contributed by atoms with Gasteiger partial charge in [0.25, 0.3) is 0 Å². The van der Waals surface area contributed by atoms with Crippen LogP contribution in [0.1, 0.15) is 51.0 Å². The van der Waals surface area contributed by atoms with Crippen LogP contribution in [-0.4, -0.2) is 53.9 Å². The van der Waals surface area contributed by atoms with E-state index in [2.05, 4.69) is 35.8 Å². The van der Waals surface area contributed by atoms with Gasteiger partial charge in [-0.15, -0.1) is 0 Å². The van der Waals surface area contributed by atoms with Gasteiger partial charge < -0.3 is 4.52 Å². The molecule has 2 aromatic rings. The SMILES string of the molecule is Cc1noc([C@@H](C)N2CCN(S(=O)(=O)c3ccc(C(C)(C)C)cc3)CC2)n1. The molecule has 2 heterocycles. The monoisotopic (exact) mass is 392 g/mol. The van der Waals surface area contributed by atoms with Crippen LogP contribution in [0.3, 0.4) is 0 Å². The number of hydrogen-bond donors (Lipinski definition) is 0. The van der Waals surface area contributed by atoms with E-state index in [0.717, 1.165) is 5.56 Å². The second-order valence-corrected chi connectivity index (χ2v) is 10.0. The number of hydrogen-bond acceptors (Lipinski definition) is 6. The maximum absolute atomic E-state index is 13.0. The maximum Gasteiger partial charge on any atom is 0.243 e. The number of piperazine rings is 1. The second-order valence-electron chi connectivity index (χ2n) is 8.07. The summed E-state index contributed by atoms with van der Waals surface area (Å²) >= 11 is 0. The predicted molar refractivity (Wildman–Crippen MR) is 103 cm³/mol. The molecule has 0 aliphatic carbocycles. The van der Waals surface area contributed by atoms with E-state index in [9.17, 15) is 8.42 Å². The fraction of sp³-hybridized carbons (Fsp3) is 0.579. The standard InChI is InChI=1S/C19H28N4O3S/c1-14(18-20-15(2)21-26-18)22-10-12-23(13-11-22)27(24,25)17-8-6-16(7-9-17)19(3,4)5/h6-9,14H,10-13H2,1-5H3/t14-/m1/s1. The van der Waals surface area contributed by atoms with Gasteiger partial charge in [-0.2, -0.15) is 9.29 Å². The Balaban J connectivity index is 1.67. The summed E-state index contributed by atoms with van der Waals surface area (Å²) in [5, 5.41) is 3.83. The molecule has 7 nitrogen and oxygen atoms in total. The Morgan fingerprint density at radius 1 is 1.07 bits per heavy atom. The van der Waals surface area contributed by atoms with Crippen molar-refractivity contribution in [2.45, 2.75) is 51.0 Å². The zero-order valence-corrected chi connectivity index (χ0v) is 17.5. The molecule has 1 aliphatic rings. The highest BCUT2D eigenvalue weighted by Gasteiger charge is 2.31. The Kier molecular flexibility index (Phi) is 5.42. The summed E-state index contributed by atoms with van der Waals surface area (Å²) in [6.45, 7) is 12.3. The Hall–Kier alpha value is -1.77. The van der Waals surface area contributed by atoms with Crippen molar-refractivity contribution in [3.63, 3.8) is 0 Å². The van der Waals surface area contributed by atoms with Gasteiger partial charge in [-0.25, -0.2) is 8.42 Å². The van der Waals surface area contributed by atoms with E-state index < -0.39 is 10.0 Å². The molecule has 0 spiro atoms. The van der Waals surface area contributed by atoms with Crippen LogP contribution in [-0.2, 0) is 15.4 Å². The molecule has 3 rings (SSSR count). The molecule has 1 atom stereocenters. The molecule has 1 aromatic carbocycles. The summed E-state index contributed by atoms with van der Waals surface area (Å²) in [4.78, 5) is 6.80. The van der Waals surface area contributed by atoms with Crippen molar-refractivity contribution in [3.05, 3.63) is 41.5 Å². The third-order valence-corrected chi connectivity index (χ3v) is 6.99. The average Bonchev–Trinajstić information content (AvgIpc) is 3.07. The molecule has 1 fully saturated rings. The number of aromatic nitrogens is 2. The largest absolute Gasteiger partial charge is 0.338 e. The van der Waals surface area contributed by atoms with Gasteiger partial charge in [0.05, 0.1) is 10.9 Å². The lowest BCUT2D eigenvalue weighted by molar-refractivity contribution is 0.124. The van der Waals surface area contributed by atoms with E-state index >= 15 is 0 Å². The van der Waals surface area contributed by atoms with Crippen molar-refractivity contribution in [2.75, 3.05) is 26.2 Å². The van der Waals surface area contributed by atoms with Gasteiger partial charge in [-0.3, -0.25) is 4.90 Å². The normalized spacial score (nSPS) is 18.6. The maximum atomic E-state index is 13.0. The molecule has 0 N–H and O–H groups in total. The fourth-order valence-corrected chi connectivity index (χ4v) is 4.67. The Bertz CT molecular complexity index is 876. The Labute approximate surface area is 161 Å². The first-order valence-electron chi connectivity index (χ1n) is 9.24. The Morgan fingerprint density at radius 2 is 1.67 bits per heavy atom. The van der Waals surface area contributed by atoms with Crippen LogP contribution in [0.2, 0.25) is 0 Å². The van der Waals surface area contributed by atoms with E-state index in [1.807, 2.05) is 19.1 Å². The fourth-order valence-electron chi connectivity index (χ4n) is 3.25. The highest BCUT2D eigenvalue weighted by Crippen LogP contribution is 2.26. The van der Waals surface area contributed by atoms with E-state index in [0.29, 0.717) is 42.8 Å². The van der Waals surface area contributed by atoms with Crippen LogP contribution in [0.4, 0.5) is 0 Å². The highest BCUT2D eigenvalue weighted by atomic mass is 32.2. The minimum absolute atomic E-state index is 0.00282. The number of benzene rings is 1. The van der Waals surface area contributed by atoms with Crippen LogP contribution in [0, 0.1) is 6.92 Å². The lowest BCUT2D eigenvalue weighted by Crippen LogP contribution is -2.49. The van der Waals surface area contributed by atoms with Crippen molar-refractivity contribution in [2.24, 2.45) is 0 Å². The molecule has 1 aromatic heterocycles. The number of nitrogens with zero attached hydrogens (tertiary/aromatic N) is 4. The lowest BCUT2D eigenvalue weighted by Gasteiger charge is -2.36. The summed E-state index contributed by atoms with van der Waals surface area (Å²) in [5.41, 5.74) is 1.12. The van der Waals surface area contributed by atoms with E-state index in [4.69, 9.17) is 4.52 Å². The molecule has 27 heavy (non-hydrogen) atoms. The quantitative estimate of drug-likeness (QED) is 0.796. The van der Waals surface area contributed by atoms with Crippen molar-refractivity contribution < 1.29 is 12.9 Å². The van der Waals surface area contributed by atoms with E-state index in [-0.39, 0.29) is 11.5 Å². The van der Waals surface area contributed by atoms with Gasteiger partial charge >= 0.3 is 0 Å². The zero-order chi connectivity index (χ0) is 19.8. The summed E-state index contributed by atoms with van der Waals surface area (Å²) in [7, 11) is -3.48. The minimum Gasteiger partial charge on any atom is -0.338 e. The first-order chi connectivity index (χ1) is 12.6. The lowest BCUT2D eigenvalue weighted by atomic mass is 9.87. The van der Waals surface area contributed by atoms with Crippen LogP contribution >= 0.6 is 0 Å². The zero-order valence-electron chi connectivity index (χ0n) is 16.6. The van der Waals surface area contributed by atoms with E-state index in [1.54, 1.807) is 23.4 Å². The number of rotatable bonds is 4. The topological polar surface area (TPSA) is 79.5 Å². The average molecular weight is 393 g/mol. The van der Waals surface area contributed by atoms with Crippen LogP contribution in [0.25, 0.3) is 0 Å². The molecular formula is C19H28N4O3S. The van der Waals surface area contributed by atoms with Gasteiger partial charge in [-0.05, 0) is 37.0 Å². The smallest absolute Gasteiger partial charge is 0.243 e. The van der Waals surface area contributed by atoms with Crippen molar-refractivity contribution in [1.82, 2.24) is 19.3 Å². The van der Waals surface area contributed by atoms with Gasteiger partial charge in [0.1, 0.15) is 0 Å². The molecule has 148 valence electrons. The molecular weight excluding hydrogens is 364 g/mol. The summed E-state index contributed by atoms with van der Waals surface area (Å²) in [6.07, 6.45) is 0. The third kappa shape index (κ3) is 4.23. The first-order valence-corrected chi connectivity index (χ1v) is 10.7. The van der Waals surface area contributed by atoms with Crippen LogP contribution < -0.4 is 0 Å². The predicted octanol–water partition coefficient (Wildman–Crippen LogP) is 2.74.